The van der Waals surface area contributed by atoms with E-state index < -0.39 is 12.2 Å². The zero-order valence-electron chi connectivity index (χ0n) is 9.56. The highest BCUT2D eigenvalue weighted by Gasteiger charge is 2.25. The molecule has 1 aliphatic rings. The van der Waals surface area contributed by atoms with Crippen LogP contribution in [-0.2, 0) is 19.1 Å². The lowest BCUT2D eigenvalue weighted by molar-refractivity contribution is -0.116. The smallest absolute Gasteiger partial charge is 0.404 e. The van der Waals surface area contributed by atoms with Gasteiger partial charge in [0.2, 0.25) is 0 Å². The van der Waals surface area contributed by atoms with Crippen molar-refractivity contribution in [1.82, 2.24) is 0 Å². The Kier molecular flexibility index (Phi) is 4.17. The molecular weight excluding hydrogens is 226 g/mol. The monoisotopic (exact) mass is 239 g/mol. The van der Waals surface area contributed by atoms with Gasteiger partial charge in [0, 0.05) is 18.3 Å². The zero-order valence-corrected chi connectivity index (χ0v) is 9.56. The van der Waals surface area contributed by atoms with Crippen molar-refractivity contribution in [1.29, 1.82) is 0 Å². The van der Waals surface area contributed by atoms with Gasteiger partial charge in [0.15, 0.2) is 11.6 Å². The molecule has 1 aliphatic carbocycles. The molecule has 0 heterocycles. The minimum Gasteiger partial charge on any atom is -0.447 e. The van der Waals surface area contributed by atoms with E-state index in [1.54, 1.807) is 6.92 Å². The van der Waals surface area contributed by atoms with Crippen LogP contribution in [0.4, 0.5) is 4.79 Å². The standard InChI is InChI=1S/C11H13NO5/c1-6-3-9(14)7(4-8(6)13)10(16-2)5-17-11(12)15/h3-4,10H,5H2,1-2H3,(H2,12,15). The van der Waals surface area contributed by atoms with Gasteiger partial charge in [-0.15, -0.1) is 0 Å². The first kappa shape index (κ1) is 13.1. The van der Waals surface area contributed by atoms with E-state index in [1.165, 1.54) is 19.3 Å². The van der Waals surface area contributed by atoms with Crippen LogP contribution >= 0.6 is 0 Å². The third-order valence-electron chi connectivity index (χ3n) is 2.32. The SMILES string of the molecule is COC(COC(N)=O)C1=CC(=O)C(C)=CC1=O. The molecule has 0 aliphatic heterocycles. The minimum absolute atomic E-state index is 0.157. The van der Waals surface area contributed by atoms with E-state index in [0.717, 1.165) is 0 Å². The van der Waals surface area contributed by atoms with E-state index in [0.29, 0.717) is 5.57 Å². The fourth-order valence-electron chi connectivity index (χ4n) is 1.37. The van der Waals surface area contributed by atoms with Crippen molar-refractivity contribution in [2.75, 3.05) is 13.7 Å². The number of carbonyl (C=O) groups is 3. The first-order valence-corrected chi connectivity index (χ1v) is 4.89. The summed E-state index contributed by atoms with van der Waals surface area (Å²) in [5, 5.41) is 0. The third kappa shape index (κ3) is 3.25. The number of hydrogen-bond donors (Lipinski definition) is 1. The zero-order chi connectivity index (χ0) is 13.0. The van der Waals surface area contributed by atoms with Crippen LogP contribution in [0.5, 0.6) is 0 Å². The highest BCUT2D eigenvalue weighted by Crippen LogP contribution is 2.16. The number of methoxy groups -OCH3 is 1. The van der Waals surface area contributed by atoms with Gasteiger partial charge in [0.25, 0.3) is 0 Å². The molecule has 1 amide bonds. The molecule has 1 unspecified atom stereocenters. The van der Waals surface area contributed by atoms with Gasteiger partial charge in [-0.05, 0) is 19.1 Å². The quantitative estimate of drug-likeness (QED) is 0.703. The molecule has 6 nitrogen and oxygen atoms in total. The molecule has 0 fully saturated rings. The van der Waals surface area contributed by atoms with E-state index in [-0.39, 0.29) is 23.7 Å². The molecular formula is C11H13NO5. The fraction of sp³-hybridized carbons (Fsp3) is 0.364. The molecule has 17 heavy (non-hydrogen) atoms. The summed E-state index contributed by atoms with van der Waals surface area (Å²) in [6.45, 7) is 1.35. The van der Waals surface area contributed by atoms with Gasteiger partial charge in [0.05, 0.1) is 0 Å². The number of ketones is 2. The van der Waals surface area contributed by atoms with Crippen molar-refractivity contribution >= 4 is 17.7 Å². The Morgan fingerprint density at radius 2 is 2.00 bits per heavy atom. The van der Waals surface area contributed by atoms with E-state index >= 15 is 0 Å². The van der Waals surface area contributed by atoms with Gasteiger partial charge < -0.3 is 15.2 Å². The molecule has 0 radical (unpaired) electrons. The lowest BCUT2D eigenvalue weighted by Gasteiger charge is -2.18. The predicted molar refractivity (Wildman–Crippen MR) is 58.2 cm³/mol. The summed E-state index contributed by atoms with van der Waals surface area (Å²) in [7, 11) is 1.35. The van der Waals surface area contributed by atoms with Crippen LogP contribution < -0.4 is 5.73 Å². The Morgan fingerprint density at radius 3 is 2.53 bits per heavy atom. The first-order chi connectivity index (χ1) is 7.95. The summed E-state index contributed by atoms with van der Waals surface area (Å²) < 4.78 is 9.54. The summed E-state index contributed by atoms with van der Waals surface area (Å²) in [4.78, 5) is 33.5. The summed E-state index contributed by atoms with van der Waals surface area (Å²) in [5.74, 6) is -0.595. The molecule has 92 valence electrons. The molecule has 2 N–H and O–H groups in total. The maximum absolute atomic E-state index is 11.6. The topological polar surface area (TPSA) is 95.7 Å². The fourth-order valence-corrected chi connectivity index (χ4v) is 1.37. The Bertz CT molecular complexity index is 422. The normalized spacial score (nSPS) is 17.3. The van der Waals surface area contributed by atoms with Crippen molar-refractivity contribution in [3.8, 4) is 0 Å². The summed E-state index contributed by atoms with van der Waals surface area (Å²) in [6, 6.07) is 0. The predicted octanol–water partition coefficient (Wildman–Crippen LogP) is 0.121. The number of hydrogen-bond acceptors (Lipinski definition) is 5. The molecule has 0 aromatic carbocycles. The van der Waals surface area contributed by atoms with Crippen LogP contribution in [0.2, 0.25) is 0 Å². The van der Waals surface area contributed by atoms with E-state index in [1.807, 2.05) is 0 Å². The highest BCUT2D eigenvalue weighted by molar-refractivity contribution is 6.20. The Hall–Kier alpha value is -1.95. The van der Waals surface area contributed by atoms with Gasteiger partial charge in [0.1, 0.15) is 12.7 Å². The number of amides is 1. The minimum atomic E-state index is -0.964. The number of ether oxygens (including phenoxy) is 2. The first-order valence-electron chi connectivity index (χ1n) is 4.89. The number of primary amides is 1. The molecule has 0 aromatic rings. The van der Waals surface area contributed by atoms with E-state index in [4.69, 9.17) is 10.5 Å². The van der Waals surface area contributed by atoms with Gasteiger partial charge >= 0.3 is 6.09 Å². The lowest BCUT2D eigenvalue weighted by atomic mass is 9.94. The molecule has 6 heteroatoms. The van der Waals surface area contributed by atoms with Crippen molar-refractivity contribution < 1.29 is 23.9 Å². The third-order valence-corrected chi connectivity index (χ3v) is 2.32. The lowest BCUT2D eigenvalue weighted by Crippen LogP contribution is -2.30. The van der Waals surface area contributed by atoms with Crippen LogP contribution in [-0.4, -0.2) is 37.5 Å². The molecule has 0 aromatic heterocycles. The maximum Gasteiger partial charge on any atom is 0.404 e. The molecule has 0 saturated carbocycles. The maximum atomic E-state index is 11.6. The number of carbonyl (C=O) groups excluding carboxylic acids is 3. The van der Waals surface area contributed by atoms with Crippen LogP contribution in [0.15, 0.2) is 23.3 Å². The van der Waals surface area contributed by atoms with E-state index in [9.17, 15) is 14.4 Å². The van der Waals surface area contributed by atoms with Crippen molar-refractivity contribution in [2.24, 2.45) is 5.73 Å². The molecule has 1 atom stereocenters. The van der Waals surface area contributed by atoms with Crippen LogP contribution in [0.25, 0.3) is 0 Å². The molecule has 0 bridgehead atoms. The Labute approximate surface area is 98.1 Å². The summed E-state index contributed by atoms with van der Waals surface area (Å²) >= 11 is 0. The van der Waals surface area contributed by atoms with Gasteiger partial charge in [-0.3, -0.25) is 9.59 Å². The highest BCUT2D eigenvalue weighted by atomic mass is 16.6. The average Bonchev–Trinajstić information content (AvgIpc) is 2.25. The average molecular weight is 239 g/mol. The summed E-state index contributed by atoms with van der Waals surface area (Å²) in [5.41, 5.74) is 5.33. The van der Waals surface area contributed by atoms with Crippen molar-refractivity contribution in [3.63, 3.8) is 0 Å². The number of rotatable bonds is 4. The molecule has 1 rings (SSSR count). The van der Waals surface area contributed by atoms with Crippen LogP contribution in [0.3, 0.4) is 0 Å². The van der Waals surface area contributed by atoms with Gasteiger partial charge in [-0.25, -0.2) is 4.79 Å². The van der Waals surface area contributed by atoms with Crippen LogP contribution in [0, 0.1) is 0 Å². The van der Waals surface area contributed by atoms with Crippen molar-refractivity contribution in [3.05, 3.63) is 23.3 Å². The van der Waals surface area contributed by atoms with Crippen molar-refractivity contribution in [2.45, 2.75) is 13.0 Å². The molecule has 0 saturated heterocycles. The Morgan fingerprint density at radius 1 is 1.35 bits per heavy atom. The van der Waals surface area contributed by atoms with E-state index in [2.05, 4.69) is 4.74 Å². The second kappa shape index (κ2) is 5.40. The van der Waals surface area contributed by atoms with Crippen LogP contribution in [0.1, 0.15) is 6.92 Å². The number of allylic oxidation sites excluding steroid dienone is 3. The second-order valence-corrected chi connectivity index (χ2v) is 3.51. The summed E-state index contributed by atoms with van der Waals surface area (Å²) in [6.07, 6.45) is 0.668. The Balaban J connectivity index is 2.82. The van der Waals surface area contributed by atoms with Gasteiger partial charge in [-0.2, -0.15) is 0 Å². The largest absolute Gasteiger partial charge is 0.447 e. The number of nitrogens with two attached hydrogens (primary N) is 1. The van der Waals surface area contributed by atoms with Gasteiger partial charge in [-0.1, -0.05) is 0 Å². The molecule has 0 spiro atoms. The second-order valence-electron chi connectivity index (χ2n) is 3.51.